The molecule has 1 heterocycles. The van der Waals surface area contributed by atoms with Crippen molar-refractivity contribution >= 4 is 22.4 Å². The highest BCUT2D eigenvalue weighted by Crippen LogP contribution is 2.21. The van der Waals surface area contributed by atoms with Crippen LogP contribution in [0.25, 0.3) is 10.8 Å². The molecule has 1 aliphatic rings. The molecule has 0 saturated carbocycles. The largest absolute Gasteiger partial charge is 0.494 e. The number of benzene rings is 3. The van der Waals surface area contributed by atoms with Crippen molar-refractivity contribution in [1.82, 2.24) is 9.80 Å². The Hall–Kier alpha value is -2.89. The Morgan fingerprint density at radius 2 is 1.68 bits per heavy atom. The first-order valence-corrected chi connectivity index (χ1v) is 11.1. The monoisotopic (exact) mass is 417 g/mol. The standard InChI is InChI=1S/C26H31N3O2/c1-28-14-16-29(17-15-28)20-21-8-11-24(12-9-21)27-26(30)7-4-18-31-25-13-10-22-5-2-3-6-23(22)19-25/h2-3,5-6,8-13,19H,4,7,14-18,20H2,1H3,(H,27,30). The molecular formula is C26H31N3O2. The summed E-state index contributed by atoms with van der Waals surface area (Å²) in [5.74, 6) is 0.865. The molecule has 4 rings (SSSR count). The van der Waals surface area contributed by atoms with E-state index >= 15 is 0 Å². The van der Waals surface area contributed by atoms with E-state index in [9.17, 15) is 4.79 Å². The SMILES string of the molecule is CN1CCN(Cc2ccc(NC(=O)CCCOc3ccc4ccccc4c3)cc2)CC1. The molecule has 0 atom stereocenters. The zero-order chi connectivity index (χ0) is 21.5. The number of anilines is 1. The summed E-state index contributed by atoms with van der Waals surface area (Å²) in [6.07, 6.45) is 1.12. The summed E-state index contributed by atoms with van der Waals surface area (Å²) < 4.78 is 5.82. The number of piperazine rings is 1. The van der Waals surface area contributed by atoms with Crippen LogP contribution in [-0.2, 0) is 11.3 Å². The van der Waals surface area contributed by atoms with Gasteiger partial charge in [-0.1, -0.05) is 42.5 Å². The van der Waals surface area contributed by atoms with Gasteiger partial charge in [-0.15, -0.1) is 0 Å². The lowest BCUT2D eigenvalue weighted by atomic mass is 10.1. The number of fused-ring (bicyclic) bond motifs is 1. The maximum absolute atomic E-state index is 12.3. The molecule has 162 valence electrons. The molecule has 5 heteroatoms. The molecule has 31 heavy (non-hydrogen) atoms. The van der Waals surface area contributed by atoms with Crippen molar-refractivity contribution in [1.29, 1.82) is 0 Å². The van der Waals surface area contributed by atoms with Gasteiger partial charge >= 0.3 is 0 Å². The topological polar surface area (TPSA) is 44.8 Å². The summed E-state index contributed by atoms with van der Waals surface area (Å²) in [6.45, 7) is 5.95. The van der Waals surface area contributed by atoms with Crippen LogP contribution in [0.4, 0.5) is 5.69 Å². The summed E-state index contributed by atoms with van der Waals surface area (Å²) in [4.78, 5) is 17.1. The molecule has 1 saturated heterocycles. The van der Waals surface area contributed by atoms with Crippen molar-refractivity contribution in [2.75, 3.05) is 45.2 Å². The molecule has 0 aliphatic carbocycles. The number of carbonyl (C=O) groups is 1. The van der Waals surface area contributed by atoms with Crippen molar-refractivity contribution in [3.63, 3.8) is 0 Å². The third kappa shape index (κ3) is 6.29. The minimum absolute atomic E-state index is 0.0222. The van der Waals surface area contributed by atoms with E-state index in [1.54, 1.807) is 0 Å². The van der Waals surface area contributed by atoms with Crippen molar-refractivity contribution in [3.05, 3.63) is 72.3 Å². The molecule has 0 spiro atoms. The first kappa shape index (κ1) is 21.3. The van der Waals surface area contributed by atoms with Gasteiger partial charge < -0.3 is 15.0 Å². The van der Waals surface area contributed by atoms with Gasteiger partial charge in [0.05, 0.1) is 6.61 Å². The summed E-state index contributed by atoms with van der Waals surface area (Å²) in [5, 5.41) is 5.35. The Labute approximate surface area is 184 Å². The van der Waals surface area contributed by atoms with Crippen molar-refractivity contribution in [2.24, 2.45) is 0 Å². The minimum Gasteiger partial charge on any atom is -0.494 e. The molecule has 3 aromatic carbocycles. The fourth-order valence-corrected chi connectivity index (χ4v) is 3.86. The lowest BCUT2D eigenvalue weighted by Gasteiger charge is -2.32. The number of ether oxygens (including phenoxy) is 1. The van der Waals surface area contributed by atoms with Crippen LogP contribution in [0.15, 0.2) is 66.7 Å². The van der Waals surface area contributed by atoms with Gasteiger partial charge in [0.25, 0.3) is 0 Å². The lowest BCUT2D eigenvalue weighted by Crippen LogP contribution is -2.43. The molecule has 0 radical (unpaired) electrons. The summed E-state index contributed by atoms with van der Waals surface area (Å²) in [5.41, 5.74) is 2.13. The van der Waals surface area contributed by atoms with Crippen LogP contribution in [0.1, 0.15) is 18.4 Å². The first-order valence-electron chi connectivity index (χ1n) is 11.1. The quantitative estimate of drug-likeness (QED) is 0.553. The van der Waals surface area contributed by atoms with Crippen LogP contribution in [0.2, 0.25) is 0 Å². The van der Waals surface area contributed by atoms with Crippen molar-refractivity contribution < 1.29 is 9.53 Å². The molecule has 1 aliphatic heterocycles. The van der Waals surface area contributed by atoms with E-state index in [0.29, 0.717) is 19.4 Å². The van der Waals surface area contributed by atoms with Crippen LogP contribution < -0.4 is 10.1 Å². The fourth-order valence-electron chi connectivity index (χ4n) is 3.86. The lowest BCUT2D eigenvalue weighted by molar-refractivity contribution is -0.116. The fraction of sp³-hybridized carbons (Fsp3) is 0.346. The normalized spacial score (nSPS) is 15.1. The molecule has 0 bridgehead atoms. The second-order valence-corrected chi connectivity index (χ2v) is 8.29. The van der Waals surface area contributed by atoms with Gasteiger partial charge in [0.15, 0.2) is 0 Å². The summed E-state index contributed by atoms with van der Waals surface area (Å²) in [7, 11) is 2.17. The smallest absolute Gasteiger partial charge is 0.224 e. The van der Waals surface area contributed by atoms with Gasteiger partial charge in [0, 0.05) is 44.8 Å². The molecule has 1 amide bonds. The molecule has 0 aromatic heterocycles. The van der Waals surface area contributed by atoms with Crippen LogP contribution >= 0.6 is 0 Å². The Morgan fingerprint density at radius 1 is 0.935 bits per heavy atom. The summed E-state index contributed by atoms with van der Waals surface area (Å²) >= 11 is 0. The predicted molar refractivity (Wildman–Crippen MR) is 127 cm³/mol. The molecular weight excluding hydrogens is 386 g/mol. The van der Waals surface area contributed by atoms with Gasteiger partial charge in [0.2, 0.25) is 5.91 Å². The first-order chi connectivity index (χ1) is 15.2. The Balaban J connectivity index is 1.17. The highest BCUT2D eigenvalue weighted by atomic mass is 16.5. The molecule has 5 nitrogen and oxygen atoms in total. The average molecular weight is 418 g/mol. The number of hydrogen-bond donors (Lipinski definition) is 1. The number of nitrogens with one attached hydrogen (secondary N) is 1. The molecule has 3 aromatic rings. The number of carbonyl (C=O) groups excluding carboxylic acids is 1. The number of rotatable bonds is 8. The zero-order valence-corrected chi connectivity index (χ0v) is 18.2. The molecule has 1 fully saturated rings. The highest BCUT2D eigenvalue weighted by molar-refractivity contribution is 5.90. The predicted octanol–water partition coefficient (Wildman–Crippen LogP) is 4.38. The second-order valence-electron chi connectivity index (χ2n) is 8.29. The van der Waals surface area contributed by atoms with E-state index in [-0.39, 0.29) is 5.91 Å². The third-order valence-electron chi connectivity index (χ3n) is 5.78. The Bertz CT molecular complexity index is 995. The van der Waals surface area contributed by atoms with E-state index in [1.807, 2.05) is 36.4 Å². The van der Waals surface area contributed by atoms with E-state index in [2.05, 4.69) is 52.5 Å². The van der Waals surface area contributed by atoms with Crippen molar-refractivity contribution in [2.45, 2.75) is 19.4 Å². The number of nitrogens with zero attached hydrogens (tertiary/aromatic N) is 2. The molecule has 1 N–H and O–H groups in total. The molecule has 0 unspecified atom stereocenters. The number of likely N-dealkylation sites (N-methyl/N-ethyl adjacent to an activating group) is 1. The minimum atomic E-state index is 0.0222. The number of hydrogen-bond acceptors (Lipinski definition) is 4. The van der Waals surface area contributed by atoms with Gasteiger partial charge in [-0.3, -0.25) is 9.69 Å². The second kappa shape index (κ2) is 10.4. The highest BCUT2D eigenvalue weighted by Gasteiger charge is 2.13. The van der Waals surface area contributed by atoms with Crippen LogP contribution in [0.3, 0.4) is 0 Å². The van der Waals surface area contributed by atoms with E-state index in [4.69, 9.17) is 4.74 Å². The van der Waals surface area contributed by atoms with E-state index in [0.717, 1.165) is 49.5 Å². The Kier molecular flexibility index (Phi) is 7.18. The van der Waals surface area contributed by atoms with Crippen molar-refractivity contribution in [3.8, 4) is 5.75 Å². The zero-order valence-electron chi connectivity index (χ0n) is 18.2. The van der Waals surface area contributed by atoms with Crippen LogP contribution in [0.5, 0.6) is 5.75 Å². The maximum atomic E-state index is 12.3. The maximum Gasteiger partial charge on any atom is 0.224 e. The Morgan fingerprint density at radius 3 is 2.45 bits per heavy atom. The van der Waals surface area contributed by atoms with Gasteiger partial charge in [-0.05, 0) is 54.1 Å². The number of amides is 1. The van der Waals surface area contributed by atoms with E-state index in [1.165, 1.54) is 10.9 Å². The van der Waals surface area contributed by atoms with Gasteiger partial charge in [-0.2, -0.15) is 0 Å². The van der Waals surface area contributed by atoms with Crippen LogP contribution in [-0.4, -0.2) is 55.5 Å². The van der Waals surface area contributed by atoms with Crippen LogP contribution in [0, 0.1) is 0 Å². The van der Waals surface area contributed by atoms with Gasteiger partial charge in [-0.25, -0.2) is 0 Å². The van der Waals surface area contributed by atoms with Gasteiger partial charge in [0.1, 0.15) is 5.75 Å². The third-order valence-corrected chi connectivity index (χ3v) is 5.78. The average Bonchev–Trinajstić information content (AvgIpc) is 2.79. The van der Waals surface area contributed by atoms with E-state index < -0.39 is 0 Å². The summed E-state index contributed by atoms with van der Waals surface area (Å²) in [6, 6.07) is 22.5.